The van der Waals surface area contributed by atoms with Gasteiger partial charge in [-0.2, -0.15) is 5.26 Å². The lowest BCUT2D eigenvalue weighted by molar-refractivity contribution is 0.625. The molecular weight excluding hydrogens is 220 g/mol. The number of hydrogen-bond acceptors (Lipinski definition) is 2. The third-order valence-electron chi connectivity index (χ3n) is 3.21. The zero-order valence-electron chi connectivity index (χ0n) is 12.0. The van der Waals surface area contributed by atoms with Crippen molar-refractivity contribution in [2.45, 2.75) is 53.0 Å². The highest BCUT2D eigenvalue weighted by Gasteiger charge is 2.14. The molecule has 0 aliphatic heterocycles. The van der Waals surface area contributed by atoms with Crippen molar-refractivity contribution >= 4 is 5.69 Å². The van der Waals surface area contributed by atoms with Gasteiger partial charge in [-0.1, -0.05) is 25.8 Å². The number of aryl methyl sites for hydroxylation is 1. The van der Waals surface area contributed by atoms with Gasteiger partial charge in [-0.3, -0.25) is 0 Å². The van der Waals surface area contributed by atoms with Gasteiger partial charge in [-0.25, -0.2) is 0 Å². The van der Waals surface area contributed by atoms with Crippen LogP contribution < -0.4 is 4.90 Å². The van der Waals surface area contributed by atoms with Gasteiger partial charge in [0.2, 0.25) is 0 Å². The summed E-state index contributed by atoms with van der Waals surface area (Å²) in [6.45, 7) is 9.71. The molecule has 0 atom stereocenters. The molecule has 0 aliphatic carbocycles. The molecule has 0 aromatic heterocycles. The first kappa shape index (κ1) is 14.6. The lowest BCUT2D eigenvalue weighted by Gasteiger charge is -2.30. The van der Waals surface area contributed by atoms with Crippen molar-refractivity contribution in [3.8, 4) is 6.07 Å². The molecule has 98 valence electrons. The molecule has 0 aliphatic rings. The van der Waals surface area contributed by atoms with E-state index in [-0.39, 0.29) is 0 Å². The second kappa shape index (κ2) is 7.06. The number of hydrogen-bond donors (Lipinski definition) is 0. The summed E-state index contributed by atoms with van der Waals surface area (Å²) < 4.78 is 0. The van der Waals surface area contributed by atoms with Crippen LogP contribution in [0, 0.1) is 18.3 Å². The molecule has 1 aromatic rings. The van der Waals surface area contributed by atoms with E-state index >= 15 is 0 Å². The summed E-state index contributed by atoms with van der Waals surface area (Å²) in [6, 6.07) is 8.80. The molecule has 0 saturated heterocycles. The average molecular weight is 244 g/mol. The van der Waals surface area contributed by atoms with Gasteiger partial charge in [0.25, 0.3) is 0 Å². The Morgan fingerprint density at radius 3 is 2.56 bits per heavy atom. The Bertz CT molecular complexity index is 416. The van der Waals surface area contributed by atoms with E-state index in [1.165, 1.54) is 24.8 Å². The molecule has 0 spiro atoms. The molecule has 1 rings (SSSR count). The van der Waals surface area contributed by atoms with Crippen molar-refractivity contribution in [3.63, 3.8) is 0 Å². The average Bonchev–Trinajstić information content (AvgIpc) is 2.34. The lowest BCUT2D eigenvalue weighted by atomic mass is 10.1. The quantitative estimate of drug-likeness (QED) is 0.699. The van der Waals surface area contributed by atoms with Gasteiger partial charge in [-0.05, 0) is 44.9 Å². The van der Waals surface area contributed by atoms with Crippen LogP contribution in [0.2, 0.25) is 0 Å². The predicted molar refractivity (Wildman–Crippen MR) is 77.9 cm³/mol. The monoisotopic (exact) mass is 244 g/mol. The molecule has 0 unspecified atom stereocenters. The Kier molecular flexibility index (Phi) is 5.71. The lowest BCUT2D eigenvalue weighted by Crippen LogP contribution is -2.32. The van der Waals surface area contributed by atoms with E-state index in [0.717, 1.165) is 17.8 Å². The first-order valence-electron chi connectivity index (χ1n) is 6.87. The fraction of sp³-hybridized carbons (Fsp3) is 0.562. The molecule has 18 heavy (non-hydrogen) atoms. The fourth-order valence-electron chi connectivity index (χ4n) is 2.16. The Morgan fingerprint density at radius 2 is 2.00 bits per heavy atom. The molecule has 2 heteroatoms. The number of anilines is 1. The molecule has 0 bridgehead atoms. The maximum absolute atomic E-state index is 9.23. The summed E-state index contributed by atoms with van der Waals surface area (Å²) in [6.07, 6.45) is 3.66. The van der Waals surface area contributed by atoms with Crippen LogP contribution in [0.4, 0.5) is 5.69 Å². The number of rotatable bonds is 6. The van der Waals surface area contributed by atoms with E-state index in [0.29, 0.717) is 6.04 Å². The summed E-state index contributed by atoms with van der Waals surface area (Å²) in [5.41, 5.74) is 3.08. The maximum atomic E-state index is 9.23. The van der Waals surface area contributed by atoms with Gasteiger partial charge in [0.1, 0.15) is 6.07 Å². The summed E-state index contributed by atoms with van der Waals surface area (Å²) in [7, 11) is 0. The molecular formula is C16H24N2. The standard InChI is InChI=1S/C16H24N2/c1-5-6-7-10-18(13(2)3)16-11-14(4)8-9-15(16)12-17/h8-9,11,13H,5-7,10H2,1-4H3. The minimum atomic E-state index is 0.427. The van der Waals surface area contributed by atoms with E-state index < -0.39 is 0 Å². The molecule has 0 amide bonds. The van der Waals surface area contributed by atoms with E-state index in [1.807, 2.05) is 12.1 Å². The largest absolute Gasteiger partial charge is 0.368 e. The van der Waals surface area contributed by atoms with Crippen molar-refractivity contribution in [3.05, 3.63) is 29.3 Å². The summed E-state index contributed by atoms with van der Waals surface area (Å²) in [5.74, 6) is 0. The van der Waals surface area contributed by atoms with Crippen LogP contribution in [0.1, 0.15) is 51.2 Å². The second-order valence-electron chi connectivity index (χ2n) is 5.13. The van der Waals surface area contributed by atoms with Gasteiger partial charge in [0.15, 0.2) is 0 Å². The second-order valence-corrected chi connectivity index (χ2v) is 5.13. The summed E-state index contributed by atoms with van der Waals surface area (Å²) in [4.78, 5) is 2.35. The Hall–Kier alpha value is -1.49. The highest BCUT2D eigenvalue weighted by atomic mass is 15.1. The van der Waals surface area contributed by atoms with Gasteiger partial charge in [0.05, 0.1) is 11.3 Å². The molecule has 0 fully saturated rings. The van der Waals surface area contributed by atoms with E-state index in [9.17, 15) is 5.26 Å². The maximum Gasteiger partial charge on any atom is 0.101 e. The van der Waals surface area contributed by atoms with E-state index in [2.05, 4.69) is 44.7 Å². The van der Waals surface area contributed by atoms with Gasteiger partial charge in [-0.15, -0.1) is 0 Å². The zero-order valence-corrected chi connectivity index (χ0v) is 12.0. The van der Waals surface area contributed by atoms with Gasteiger partial charge >= 0.3 is 0 Å². The molecule has 2 nitrogen and oxygen atoms in total. The normalized spacial score (nSPS) is 10.4. The number of nitriles is 1. The minimum Gasteiger partial charge on any atom is -0.368 e. The van der Waals surface area contributed by atoms with Crippen molar-refractivity contribution < 1.29 is 0 Å². The SMILES string of the molecule is CCCCCN(c1cc(C)ccc1C#N)C(C)C. The molecule has 0 heterocycles. The van der Waals surface area contributed by atoms with E-state index in [4.69, 9.17) is 0 Å². The first-order chi connectivity index (χ1) is 8.60. The smallest absolute Gasteiger partial charge is 0.101 e. The highest BCUT2D eigenvalue weighted by Crippen LogP contribution is 2.24. The highest BCUT2D eigenvalue weighted by molar-refractivity contribution is 5.61. The Labute approximate surface area is 111 Å². The third-order valence-corrected chi connectivity index (χ3v) is 3.21. The van der Waals surface area contributed by atoms with Crippen LogP contribution in [0.25, 0.3) is 0 Å². The zero-order chi connectivity index (χ0) is 13.5. The predicted octanol–water partition coefficient (Wildman–Crippen LogP) is 4.27. The van der Waals surface area contributed by atoms with E-state index in [1.54, 1.807) is 0 Å². The van der Waals surface area contributed by atoms with Crippen molar-refractivity contribution in [1.82, 2.24) is 0 Å². The minimum absolute atomic E-state index is 0.427. The van der Waals surface area contributed by atoms with Crippen LogP contribution in [0.15, 0.2) is 18.2 Å². The number of unbranched alkanes of at least 4 members (excludes halogenated alkanes) is 2. The van der Waals surface area contributed by atoms with Crippen molar-refractivity contribution in [1.29, 1.82) is 5.26 Å². The van der Waals surface area contributed by atoms with Crippen LogP contribution >= 0.6 is 0 Å². The molecule has 0 N–H and O–H groups in total. The van der Waals surface area contributed by atoms with Crippen LogP contribution in [-0.4, -0.2) is 12.6 Å². The van der Waals surface area contributed by atoms with Crippen LogP contribution in [0.3, 0.4) is 0 Å². The number of nitrogens with zero attached hydrogens (tertiary/aromatic N) is 2. The van der Waals surface area contributed by atoms with Crippen molar-refractivity contribution in [2.24, 2.45) is 0 Å². The molecule has 0 saturated carbocycles. The first-order valence-corrected chi connectivity index (χ1v) is 6.87. The molecule has 1 aromatic carbocycles. The Morgan fingerprint density at radius 1 is 1.28 bits per heavy atom. The topological polar surface area (TPSA) is 27.0 Å². The molecule has 0 radical (unpaired) electrons. The van der Waals surface area contributed by atoms with Crippen LogP contribution in [-0.2, 0) is 0 Å². The van der Waals surface area contributed by atoms with Crippen LogP contribution in [0.5, 0.6) is 0 Å². The Balaban J connectivity index is 2.98. The fourth-order valence-corrected chi connectivity index (χ4v) is 2.16. The summed E-state index contributed by atoms with van der Waals surface area (Å²) in [5, 5.41) is 9.23. The van der Waals surface area contributed by atoms with Crippen molar-refractivity contribution in [2.75, 3.05) is 11.4 Å². The van der Waals surface area contributed by atoms with Gasteiger partial charge < -0.3 is 4.90 Å². The number of benzene rings is 1. The summed E-state index contributed by atoms with van der Waals surface area (Å²) >= 11 is 0. The van der Waals surface area contributed by atoms with Gasteiger partial charge in [0, 0.05) is 12.6 Å². The third kappa shape index (κ3) is 3.77.